The molecule has 1 rings (SSSR count). The SMILES string of the molecule is CCOC(=O)C(C)(c1ccc(/C=C/C(=O)O)cc1)C(C#N)C#N. The molecule has 0 saturated carbocycles. The molecule has 0 bridgehead atoms. The quantitative estimate of drug-likeness (QED) is 0.637. The van der Waals surface area contributed by atoms with Crippen molar-refractivity contribution in [2.45, 2.75) is 19.3 Å². The molecule has 118 valence electrons. The summed E-state index contributed by atoms with van der Waals surface area (Å²) < 4.78 is 5.02. The molecule has 1 aromatic carbocycles. The van der Waals surface area contributed by atoms with E-state index in [0.717, 1.165) is 6.08 Å². The first-order valence-electron chi connectivity index (χ1n) is 6.88. The van der Waals surface area contributed by atoms with Crippen molar-refractivity contribution in [1.29, 1.82) is 10.5 Å². The first kappa shape index (κ1) is 17.9. The van der Waals surface area contributed by atoms with Crippen molar-refractivity contribution in [3.8, 4) is 12.1 Å². The van der Waals surface area contributed by atoms with Crippen molar-refractivity contribution < 1.29 is 19.4 Å². The molecule has 0 saturated heterocycles. The Morgan fingerprint density at radius 2 is 1.87 bits per heavy atom. The van der Waals surface area contributed by atoms with Gasteiger partial charge in [-0.2, -0.15) is 10.5 Å². The van der Waals surface area contributed by atoms with Crippen LogP contribution in [0.5, 0.6) is 0 Å². The number of benzene rings is 1. The molecule has 0 fully saturated rings. The third-order valence-electron chi connectivity index (χ3n) is 3.46. The zero-order chi connectivity index (χ0) is 17.5. The van der Waals surface area contributed by atoms with Crippen LogP contribution >= 0.6 is 0 Å². The van der Waals surface area contributed by atoms with E-state index in [9.17, 15) is 20.1 Å². The van der Waals surface area contributed by atoms with Crippen LogP contribution in [-0.4, -0.2) is 23.7 Å². The summed E-state index contributed by atoms with van der Waals surface area (Å²) in [6.45, 7) is 3.27. The van der Waals surface area contributed by atoms with Crippen LogP contribution in [0.4, 0.5) is 0 Å². The highest BCUT2D eigenvalue weighted by atomic mass is 16.5. The van der Waals surface area contributed by atoms with E-state index in [4.69, 9.17) is 9.84 Å². The van der Waals surface area contributed by atoms with Crippen molar-refractivity contribution in [2.75, 3.05) is 6.61 Å². The third kappa shape index (κ3) is 3.96. The van der Waals surface area contributed by atoms with Crippen LogP contribution in [0.3, 0.4) is 0 Å². The second kappa shape index (κ2) is 7.77. The first-order valence-corrected chi connectivity index (χ1v) is 6.88. The Morgan fingerprint density at radius 1 is 1.30 bits per heavy atom. The summed E-state index contributed by atoms with van der Waals surface area (Å²) in [5.41, 5.74) is -0.349. The number of hydrogen-bond donors (Lipinski definition) is 1. The van der Waals surface area contributed by atoms with Crippen molar-refractivity contribution in [3.63, 3.8) is 0 Å². The van der Waals surface area contributed by atoms with Crippen LogP contribution in [-0.2, 0) is 19.7 Å². The first-order chi connectivity index (χ1) is 10.9. The van der Waals surface area contributed by atoms with Gasteiger partial charge in [-0.05, 0) is 31.1 Å². The molecule has 1 unspecified atom stereocenters. The van der Waals surface area contributed by atoms with Crippen LogP contribution in [0.1, 0.15) is 25.0 Å². The lowest BCUT2D eigenvalue weighted by Gasteiger charge is -2.28. The topological polar surface area (TPSA) is 111 Å². The van der Waals surface area contributed by atoms with Gasteiger partial charge in [-0.3, -0.25) is 4.79 Å². The van der Waals surface area contributed by atoms with Gasteiger partial charge < -0.3 is 9.84 Å². The van der Waals surface area contributed by atoms with Gasteiger partial charge in [0, 0.05) is 6.08 Å². The van der Waals surface area contributed by atoms with E-state index < -0.39 is 23.3 Å². The molecular weight excluding hydrogens is 296 g/mol. The predicted octanol–water partition coefficient (Wildman–Crippen LogP) is 2.27. The van der Waals surface area contributed by atoms with Crippen molar-refractivity contribution in [2.24, 2.45) is 5.92 Å². The molecule has 23 heavy (non-hydrogen) atoms. The number of nitrogens with zero attached hydrogens (tertiary/aromatic N) is 2. The minimum Gasteiger partial charge on any atom is -0.478 e. The van der Waals surface area contributed by atoms with E-state index >= 15 is 0 Å². The summed E-state index contributed by atoms with van der Waals surface area (Å²) in [5.74, 6) is -2.93. The average Bonchev–Trinajstić information content (AvgIpc) is 2.54. The fraction of sp³-hybridized carbons (Fsp3) is 0.294. The molecule has 0 spiro atoms. The third-order valence-corrected chi connectivity index (χ3v) is 3.46. The minimum absolute atomic E-state index is 0.136. The average molecular weight is 312 g/mol. The molecule has 0 aliphatic heterocycles. The van der Waals surface area contributed by atoms with Gasteiger partial charge in [0.05, 0.1) is 18.7 Å². The predicted molar refractivity (Wildman–Crippen MR) is 81.8 cm³/mol. The number of ether oxygens (including phenoxy) is 1. The van der Waals surface area contributed by atoms with Crippen LogP contribution in [0.2, 0.25) is 0 Å². The fourth-order valence-electron chi connectivity index (χ4n) is 2.08. The van der Waals surface area contributed by atoms with E-state index in [-0.39, 0.29) is 6.61 Å². The minimum atomic E-state index is -1.42. The Kier molecular flexibility index (Phi) is 6.05. The Morgan fingerprint density at radius 3 is 2.30 bits per heavy atom. The van der Waals surface area contributed by atoms with E-state index in [1.807, 2.05) is 12.1 Å². The molecule has 1 N–H and O–H groups in total. The highest BCUT2D eigenvalue weighted by Crippen LogP contribution is 2.33. The summed E-state index contributed by atoms with van der Waals surface area (Å²) in [4.78, 5) is 22.8. The Labute approximate surface area is 134 Å². The van der Waals surface area contributed by atoms with Gasteiger partial charge in [0.15, 0.2) is 5.92 Å². The fourth-order valence-corrected chi connectivity index (χ4v) is 2.08. The van der Waals surface area contributed by atoms with E-state index in [1.165, 1.54) is 13.0 Å². The number of hydrogen-bond acceptors (Lipinski definition) is 5. The number of nitriles is 2. The van der Waals surface area contributed by atoms with Gasteiger partial charge in [0.25, 0.3) is 0 Å². The second-order valence-corrected chi connectivity index (χ2v) is 4.91. The Balaban J connectivity index is 3.29. The number of esters is 1. The Hall–Kier alpha value is -3.12. The van der Waals surface area contributed by atoms with Gasteiger partial charge in [-0.15, -0.1) is 0 Å². The molecule has 1 aromatic rings. The van der Waals surface area contributed by atoms with Crippen molar-refractivity contribution in [3.05, 3.63) is 41.5 Å². The normalized spacial score (nSPS) is 13.1. The monoisotopic (exact) mass is 312 g/mol. The second-order valence-electron chi connectivity index (χ2n) is 4.91. The van der Waals surface area contributed by atoms with Crippen LogP contribution < -0.4 is 0 Å². The van der Waals surface area contributed by atoms with Gasteiger partial charge in [-0.25, -0.2) is 4.79 Å². The molecule has 1 atom stereocenters. The zero-order valence-electron chi connectivity index (χ0n) is 12.8. The summed E-state index contributed by atoms with van der Waals surface area (Å²) in [5, 5.41) is 27.0. The lowest BCUT2D eigenvalue weighted by Crippen LogP contribution is -2.40. The molecule has 0 aliphatic carbocycles. The lowest BCUT2D eigenvalue weighted by molar-refractivity contribution is -0.150. The van der Waals surface area contributed by atoms with Crippen molar-refractivity contribution in [1.82, 2.24) is 0 Å². The molecule has 0 radical (unpaired) electrons. The molecule has 6 heteroatoms. The molecular formula is C17H16N2O4. The van der Waals surface area contributed by atoms with Crippen LogP contribution in [0.15, 0.2) is 30.3 Å². The molecule has 6 nitrogen and oxygen atoms in total. The number of carboxylic acid groups (broad SMARTS) is 1. The number of carboxylic acids is 1. The molecule has 0 amide bonds. The number of carbonyl (C=O) groups is 2. The number of carbonyl (C=O) groups excluding carboxylic acids is 1. The summed E-state index contributed by atoms with van der Waals surface area (Å²) in [7, 11) is 0. The molecule has 0 aromatic heterocycles. The maximum absolute atomic E-state index is 12.3. The van der Waals surface area contributed by atoms with Gasteiger partial charge in [0.1, 0.15) is 5.41 Å². The highest BCUT2D eigenvalue weighted by Gasteiger charge is 2.45. The van der Waals surface area contributed by atoms with E-state index in [1.54, 1.807) is 31.2 Å². The maximum atomic E-state index is 12.3. The summed E-state index contributed by atoms with van der Waals surface area (Å²) >= 11 is 0. The largest absolute Gasteiger partial charge is 0.478 e. The number of rotatable bonds is 6. The summed E-state index contributed by atoms with van der Waals surface area (Å²) in [6.07, 6.45) is 2.40. The van der Waals surface area contributed by atoms with Crippen LogP contribution in [0, 0.1) is 28.6 Å². The van der Waals surface area contributed by atoms with Crippen molar-refractivity contribution >= 4 is 18.0 Å². The summed E-state index contributed by atoms with van der Waals surface area (Å²) in [6, 6.07) is 10.0. The Bertz CT molecular complexity index is 681. The van der Waals surface area contributed by atoms with Crippen LogP contribution in [0.25, 0.3) is 6.08 Å². The standard InChI is InChI=1S/C17H16N2O4/c1-3-23-16(22)17(2,14(10-18)11-19)13-7-4-12(5-8-13)6-9-15(20)21/h4-9,14H,3H2,1-2H3,(H,20,21)/b9-6+. The zero-order valence-corrected chi connectivity index (χ0v) is 12.8. The van der Waals surface area contributed by atoms with E-state index in [0.29, 0.717) is 11.1 Å². The smallest absolute Gasteiger partial charge is 0.328 e. The number of aliphatic carboxylic acids is 1. The van der Waals surface area contributed by atoms with Gasteiger partial charge in [0.2, 0.25) is 0 Å². The lowest BCUT2D eigenvalue weighted by atomic mass is 9.72. The maximum Gasteiger partial charge on any atom is 0.328 e. The highest BCUT2D eigenvalue weighted by molar-refractivity contribution is 5.86. The van der Waals surface area contributed by atoms with E-state index in [2.05, 4.69) is 0 Å². The van der Waals surface area contributed by atoms with Gasteiger partial charge in [-0.1, -0.05) is 24.3 Å². The molecule has 0 aliphatic rings. The van der Waals surface area contributed by atoms with Gasteiger partial charge >= 0.3 is 11.9 Å². The molecule has 0 heterocycles.